The van der Waals surface area contributed by atoms with Gasteiger partial charge in [-0.2, -0.15) is 0 Å². The molecule has 4 nitrogen and oxygen atoms in total. The molecule has 1 N–H and O–H groups in total. The van der Waals surface area contributed by atoms with E-state index in [1.54, 1.807) is 0 Å². The number of thioether (sulfide) groups is 1. The van der Waals surface area contributed by atoms with E-state index in [2.05, 4.69) is 45.4 Å². The number of hydrogen-bond donors (Lipinski definition) is 1. The molecule has 3 rings (SSSR count). The Balaban J connectivity index is 1.24. The van der Waals surface area contributed by atoms with Gasteiger partial charge in [-0.25, -0.2) is 0 Å². The number of nitrogens with zero attached hydrogens (tertiary/aromatic N) is 2. The highest BCUT2D eigenvalue weighted by Gasteiger charge is 2.16. The molecule has 0 aromatic heterocycles. The van der Waals surface area contributed by atoms with E-state index in [0.29, 0.717) is 0 Å². The third-order valence-electron chi connectivity index (χ3n) is 4.90. The fourth-order valence-electron chi connectivity index (χ4n) is 3.30. The average Bonchev–Trinajstić information content (AvgIpc) is 2.72. The van der Waals surface area contributed by atoms with Gasteiger partial charge in [-0.15, -0.1) is 0 Å². The molecular formula is C22H29N3OS. The second kappa shape index (κ2) is 11.1. The fraction of sp³-hybridized carbons (Fsp3) is 0.409. The predicted molar refractivity (Wildman–Crippen MR) is 116 cm³/mol. The number of anilines is 1. The van der Waals surface area contributed by atoms with Crippen molar-refractivity contribution in [2.45, 2.75) is 12.8 Å². The second-order valence-corrected chi connectivity index (χ2v) is 7.97. The van der Waals surface area contributed by atoms with Crippen molar-refractivity contribution in [3.8, 4) is 0 Å². The SMILES string of the molecule is O=C(Nc1ccccc1)SCCCN1CCN(CCc2ccccc2)CC1. The van der Waals surface area contributed by atoms with Crippen LogP contribution in [0.15, 0.2) is 60.7 Å². The molecular weight excluding hydrogens is 354 g/mol. The zero-order valence-corrected chi connectivity index (χ0v) is 16.7. The zero-order chi connectivity index (χ0) is 18.7. The molecule has 2 aromatic carbocycles. The summed E-state index contributed by atoms with van der Waals surface area (Å²) in [6, 6.07) is 20.4. The normalized spacial score (nSPS) is 15.6. The van der Waals surface area contributed by atoms with Crippen molar-refractivity contribution >= 4 is 22.7 Å². The maximum Gasteiger partial charge on any atom is 0.283 e. The lowest BCUT2D eigenvalue weighted by Crippen LogP contribution is -2.47. The van der Waals surface area contributed by atoms with E-state index in [1.165, 1.54) is 17.3 Å². The zero-order valence-electron chi connectivity index (χ0n) is 15.8. The van der Waals surface area contributed by atoms with Gasteiger partial charge >= 0.3 is 0 Å². The molecule has 144 valence electrons. The lowest BCUT2D eigenvalue weighted by atomic mass is 10.1. The van der Waals surface area contributed by atoms with E-state index in [4.69, 9.17) is 0 Å². The van der Waals surface area contributed by atoms with Crippen LogP contribution in [0.4, 0.5) is 10.5 Å². The molecule has 0 radical (unpaired) electrons. The molecule has 0 saturated carbocycles. The highest BCUT2D eigenvalue weighted by atomic mass is 32.2. The van der Waals surface area contributed by atoms with Gasteiger partial charge in [0.1, 0.15) is 0 Å². The summed E-state index contributed by atoms with van der Waals surface area (Å²) in [6.07, 6.45) is 2.19. The van der Waals surface area contributed by atoms with Gasteiger partial charge in [0, 0.05) is 44.2 Å². The number of piperazine rings is 1. The van der Waals surface area contributed by atoms with Gasteiger partial charge in [-0.05, 0) is 37.1 Å². The quantitative estimate of drug-likeness (QED) is 0.693. The Morgan fingerprint density at radius 2 is 1.44 bits per heavy atom. The van der Waals surface area contributed by atoms with Crippen LogP contribution < -0.4 is 5.32 Å². The van der Waals surface area contributed by atoms with Gasteiger partial charge in [0.25, 0.3) is 5.24 Å². The van der Waals surface area contributed by atoms with Crippen LogP contribution in [0.1, 0.15) is 12.0 Å². The summed E-state index contributed by atoms with van der Waals surface area (Å²) in [4.78, 5) is 17.0. The molecule has 0 aliphatic carbocycles. The minimum absolute atomic E-state index is 0.0342. The van der Waals surface area contributed by atoms with Gasteiger partial charge in [0.2, 0.25) is 0 Å². The van der Waals surface area contributed by atoms with Crippen LogP contribution in [0.2, 0.25) is 0 Å². The van der Waals surface area contributed by atoms with Gasteiger partial charge in [-0.3, -0.25) is 4.79 Å². The molecule has 1 heterocycles. The Morgan fingerprint density at radius 3 is 2.11 bits per heavy atom. The first-order chi connectivity index (χ1) is 13.3. The molecule has 2 aromatic rings. The standard InChI is InChI=1S/C22H29N3OS/c26-22(23-21-10-5-2-6-11-21)27-19-7-13-24-15-17-25(18-16-24)14-12-20-8-3-1-4-9-20/h1-6,8-11H,7,12-19H2,(H,23,26). The van der Waals surface area contributed by atoms with Crippen LogP contribution in [0.3, 0.4) is 0 Å². The Labute approximate surface area is 166 Å². The van der Waals surface area contributed by atoms with Gasteiger partial charge < -0.3 is 15.1 Å². The fourth-order valence-corrected chi connectivity index (χ4v) is 3.95. The molecule has 5 heteroatoms. The van der Waals surface area contributed by atoms with Crippen LogP contribution in [0.25, 0.3) is 0 Å². The number of para-hydroxylation sites is 1. The minimum Gasteiger partial charge on any atom is -0.317 e. The van der Waals surface area contributed by atoms with Crippen LogP contribution in [-0.2, 0) is 6.42 Å². The first-order valence-corrected chi connectivity index (χ1v) is 10.8. The molecule has 1 amide bonds. The smallest absolute Gasteiger partial charge is 0.283 e. The number of carbonyl (C=O) groups is 1. The highest BCUT2D eigenvalue weighted by molar-refractivity contribution is 8.13. The number of amides is 1. The third kappa shape index (κ3) is 7.37. The largest absolute Gasteiger partial charge is 0.317 e. The van der Waals surface area contributed by atoms with Crippen LogP contribution >= 0.6 is 11.8 Å². The summed E-state index contributed by atoms with van der Waals surface area (Å²) < 4.78 is 0. The summed E-state index contributed by atoms with van der Waals surface area (Å²) in [5.41, 5.74) is 2.28. The summed E-state index contributed by atoms with van der Waals surface area (Å²) in [5.74, 6) is 0.868. The van der Waals surface area contributed by atoms with Gasteiger partial charge in [0.05, 0.1) is 0 Å². The first kappa shape index (κ1) is 19.9. The van der Waals surface area contributed by atoms with Crippen molar-refractivity contribution in [1.29, 1.82) is 0 Å². The molecule has 1 fully saturated rings. The van der Waals surface area contributed by atoms with Gasteiger partial charge in [0.15, 0.2) is 0 Å². The average molecular weight is 384 g/mol. The summed E-state index contributed by atoms with van der Waals surface area (Å²) in [5, 5.41) is 2.95. The second-order valence-electron chi connectivity index (χ2n) is 6.90. The number of benzene rings is 2. The lowest BCUT2D eigenvalue weighted by molar-refractivity contribution is 0.134. The third-order valence-corrected chi connectivity index (χ3v) is 5.75. The molecule has 27 heavy (non-hydrogen) atoms. The monoisotopic (exact) mass is 383 g/mol. The van der Waals surface area contributed by atoms with Crippen LogP contribution in [0.5, 0.6) is 0 Å². The molecule has 0 atom stereocenters. The van der Waals surface area contributed by atoms with Crippen molar-refractivity contribution in [2.24, 2.45) is 0 Å². The molecule has 0 unspecified atom stereocenters. The predicted octanol–water partition coefficient (Wildman–Crippen LogP) is 4.20. The Bertz CT molecular complexity index is 672. The summed E-state index contributed by atoms with van der Waals surface area (Å²) >= 11 is 1.38. The maximum absolute atomic E-state index is 11.9. The first-order valence-electron chi connectivity index (χ1n) is 9.77. The van der Waals surface area contributed by atoms with E-state index in [9.17, 15) is 4.79 Å². The van der Waals surface area contributed by atoms with Crippen LogP contribution in [0, 0.1) is 0 Å². The van der Waals surface area contributed by atoms with E-state index in [1.807, 2.05) is 30.3 Å². The Morgan fingerprint density at radius 1 is 0.852 bits per heavy atom. The van der Waals surface area contributed by atoms with Crippen molar-refractivity contribution < 1.29 is 4.79 Å². The molecule has 1 saturated heterocycles. The number of nitrogens with one attached hydrogen (secondary N) is 1. The van der Waals surface area contributed by atoms with E-state index >= 15 is 0 Å². The summed E-state index contributed by atoms with van der Waals surface area (Å²) in [6.45, 7) is 6.79. The highest BCUT2D eigenvalue weighted by Crippen LogP contribution is 2.12. The van der Waals surface area contributed by atoms with Crippen molar-refractivity contribution in [2.75, 3.05) is 50.3 Å². The topological polar surface area (TPSA) is 35.6 Å². The maximum atomic E-state index is 11.9. The van der Waals surface area contributed by atoms with Crippen LogP contribution in [-0.4, -0.2) is 60.1 Å². The summed E-state index contributed by atoms with van der Waals surface area (Å²) in [7, 11) is 0. The molecule has 1 aliphatic heterocycles. The number of hydrogen-bond acceptors (Lipinski definition) is 4. The van der Waals surface area contributed by atoms with Crippen molar-refractivity contribution in [3.05, 3.63) is 66.2 Å². The van der Waals surface area contributed by atoms with E-state index in [0.717, 1.165) is 63.6 Å². The lowest BCUT2D eigenvalue weighted by Gasteiger charge is -2.34. The molecule has 1 aliphatic rings. The minimum atomic E-state index is 0.0342. The van der Waals surface area contributed by atoms with Crippen molar-refractivity contribution in [3.63, 3.8) is 0 Å². The molecule has 0 bridgehead atoms. The van der Waals surface area contributed by atoms with E-state index in [-0.39, 0.29) is 5.24 Å². The number of carbonyl (C=O) groups excluding carboxylic acids is 1. The van der Waals surface area contributed by atoms with Crippen molar-refractivity contribution in [1.82, 2.24) is 9.80 Å². The Hall–Kier alpha value is -1.82. The number of rotatable bonds is 8. The Kier molecular flexibility index (Phi) is 8.21. The molecule has 0 spiro atoms. The van der Waals surface area contributed by atoms with Gasteiger partial charge in [-0.1, -0.05) is 60.3 Å². The van der Waals surface area contributed by atoms with E-state index < -0.39 is 0 Å².